The van der Waals surface area contributed by atoms with E-state index in [1.165, 1.54) is 12.1 Å². The first-order chi connectivity index (χ1) is 14.5. The SMILES string of the molecule is CCN(Cc1cc(C)ccc1B1OC(C)(C)C(C)(C)O1)C(=O)OCc1ccc(F)cc1. The largest absolute Gasteiger partial charge is 0.495 e. The summed E-state index contributed by atoms with van der Waals surface area (Å²) in [5.41, 5.74) is 2.80. The van der Waals surface area contributed by atoms with Gasteiger partial charge in [0, 0.05) is 13.1 Å². The van der Waals surface area contributed by atoms with Crippen molar-refractivity contribution >= 4 is 18.7 Å². The summed E-state index contributed by atoms with van der Waals surface area (Å²) in [6.07, 6.45) is -0.423. The predicted molar refractivity (Wildman–Crippen MR) is 120 cm³/mol. The molecule has 7 heteroatoms. The Morgan fingerprint density at radius 2 is 1.68 bits per heavy atom. The molecule has 1 heterocycles. The van der Waals surface area contributed by atoms with Gasteiger partial charge in [0.15, 0.2) is 0 Å². The molecule has 1 fully saturated rings. The van der Waals surface area contributed by atoms with Crippen LogP contribution in [0.2, 0.25) is 0 Å². The van der Waals surface area contributed by atoms with Gasteiger partial charge in [-0.2, -0.15) is 0 Å². The van der Waals surface area contributed by atoms with E-state index in [2.05, 4.69) is 6.07 Å². The molecule has 0 radical (unpaired) electrons. The molecule has 0 atom stereocenters. The smallest absolute Gasteiger partial charge is 0.445 e. The van der Waals surface area contributed by atoms with Gasteiger partial charge in [-0.25, -0.2) is 9.18 Å². The van der Waals surface area contributed by atoms with Crippen LogP contribution in [-0.2, 0) is 27.2 Å². The molecule has 0 spiro atoms. The van der Waals surface area contributed by atoms with Crippen LogP contribution in [0.4, 0.5) is 9.18 Å². The van der Waals surface area contributed by atoms with Crippen molar-refractivity contribution < 1.29 is 23.2 Å². The van der Waals surface area contributed by atoms with Crippen LogP contribution in [0.25, 0.3) is 0 Å². The molecule has 5 nitrogen and oxygen atoms in total. The van der Waals surface area contributed by atoms with Crippen molar-refractivity contribution in [3.05, 3.63) is 65.0 Å². The Balaban J connectivity index is 1.75. The minimum absolute atomic E-state index is 0.0908. The quantitative estimate of drug-likeness (QED) is 0.633. The summed E-state index contributed by atoms with van der Waals surface area (Å²) in [4.78, 5) is 14.3. The fourth-order valence-electron chi connectivity index (χ4n) is 3.40. The fraction of sp³-hybridized carbons (Fsp3) is 0.458. The molecule has 31 heavy (non-hydrogen) atoms. The van der Waals surface area contributed by atoms with Gasteiger partial charge in [0.05, 0.1) is 11.2 Å². The van der Waals surface area contributed by atoms with Crippen molar-refractivity contribution in [3.8, 4) is 0 Å². The monoisotopic (exact) mass is 427 g/mol. The van der Waals surface area contributed by atoms with Crippen molar-refractivity contribution in [1.29, 1.82) is 0 Å². The van der Waals surface area contributed by atoms with E-state index in [0.29, 0.717) is 13.1 Å². The van der Waals surface area contributed by atoms with E-state index in [0.717, 1.165) is 22.2 Å². The number of nitrogens with zero attached hydrogens (tertiary/aromatic N) is 1. The van der Waals surface area contributed by atoms with E-state index in [4.69, 9.17) is 14.0 Å². The van der Waals surface area contributed by atoms with Crippen molar-refractivity contribution in [2.75, 3.05) is 6.54 Å². The summed E-state index contributed by atoms with van der Waals surface area (Å²) in [5.74, 6) is -0.319. The molecule has 1 saturated heterocycles. The first-order valence-electron chi connectivity index (χ1n) is 10.6. The van der Waals surface area contributed by atoms with Gasteiger partial charge < -0.3 is 18.9 Å². The maximum absolute atomic E-state index is 13.1. The Labute approximate surface area is 184 Å². The standard InChI is InChI=1S/C24H31BFNO4/c1-7-27(22(28)29-16-18-9-11-20(26)12-10-18)15-19-14-17(2)8-13-21(19)25-30-23(3,4)24(5,6)31-25/h8-14H,7,15-16H2,1-6H3. The first-order valence-corrected chi connectivity index (χ1v) is 10.6. The average molecular weight is 427 g/mol. The third-order valence-electron chi connectivity index (χ3n) is 6.08. The fourth-order valence-corrected chi connectivity index (χ4v) is 3.40. The molecular weight excluding hydrogens is 396 g/mol. The zero-order chi connectivity index (χ0) is 22.8. The molecule has 0 bridgehead atoms. The Morgan fingerprint density at radius 1 is 1.06 bits per heavy atom. The van der Waals surface area contributed by atoms with Gasteiger partial charge in [-0.1, -0.05) is 35.9 Å². The first kappa shape index (κ1) is 23.3. The highest BCUT2D eigenvalue weighted by molar-refractivity contribution is 6.62. The van der Waals surface area contributed by atoms with Crippen LogP contribution >= 0.6 is 0 Å². The topological polar surface area (TPSA) is 48.0 Å². The second-order valence-electron chi connectivity index (χ2n) is 8.99. The van der Waals surface area contributed by atoms with Gasteiger partial charge in [0.25, 0.3) is 0 Å². The molecule has 1 aliphatic rings. The zero-order valence-corrected chi connectivity index (χ0v) is 19.2. The van der Waals surface area contributed by atoms with Crippen LogP contribution in [0, 0.1) is 12.7 Å². The normalized spacial score (nSPS) is 16.9. The lowest BCUT2D eigenvalue weighted by molar-refractivity contribution is 0.00578. The molecule has 2 aromatic carbocycles. The number of hydrogen-bond acceptors (Lipinski definition) is 4. The van der Waals surface area contributed by atoms with Crippen molar-refractivity contribution in [3.63, 3.8) is 0 Å². The number of carbonyl (C=O) groups excluding carboxylic acids is 1. The Morgan fingerprint density at radius 3 is 2.26 bits per heavy atom. The summed E-state index contributed by atoms with van der Waals surface area (Å²) >= 11 is 0. The van der Waals surface area contributed by atoms with Crippen LogP contribution in [0.1, 0.15) is 51.3 Å². The second kappa shape index (κ2) is 9.01. The Kier molecular flexibility index (Phi) is 6.77. The summed E-state index contributed by atoms with van der Waals surface area (Å²) in [5, 5.41) is 0. The van der Waals surface area contributed by atoms with Crippen LogP contribution in [-0.4, -0.2) is 35.9 Å². The number of ether oxygens (including phenoxy) is 1. The zero-order valence-electron chi connectivity index (χ0n) is 19.2. The summed E-state index contributed by atoms with van der Waals surface area (Å²) in [7, 11) is -0.505. The van der Waals surface area contributed by atoms with E-state index in [-0.39, 0.29) is 12.4 Å². The lowest BCUT2D eigenvalue weighted by atomic mass is 9.75. The molecule has 3 rings (SSSR count). The van der Waals surface area contributed by atoms with Crippen LogP contribution in [0.5, 0.6) is 0 Å². The van der Waals surface area contributed by atoms with Gasteiger partial charge in [0.2, 0.25) is 0 Å². The minimum Gasteiger partial charge on any atom is -0.445 e. The van der Waals surface area contributed by atoms with Gasteiger partial charge in [-0.3, -0.25) is 0 Å². The maximum Gasteiger partial charge on any atom is 0.495 e. The molecule has 0 unspecified atom stereocenters. The highest BCUT2D eigenvalue weighted by atomic mass is 19.1. The summed E-state index contributed by atoms with van der Waals surface area (Å²) in [6.45, 7) is 13.0. The number of amides is 1. The molecule has 2 aromatic rings. The van der Waals surface area contributed by atoms with Crippen molar-refractivity contribution in [2.24, 2.45) is 0 Å². The molecular formula is C24H31BFNO4. The third-order valence-corrected chi connectivity index (χ3v) is 6.08. The van der Waals surface area contributed by atoms with Gasteiger partial charge in [-0.05, 0) is 70.3 Å². The lowest BCUT2D eigenvalue weighted by Crippen LogP contribution is -2.41. The number of rotatable bonds is 6. The van der Waals surface area contributed by atoms with Crippen molar-refractivity contribution in [2.45, 2.75) is 65.9 Å². The summed E-state index contributed by atoms with van der Waals surface area (Å²) in [6, 6.07) is 12.0. The van der Waals surface area contributed by atoms with E-state index >= 15 is 0 Å². The number of carbonyl (C=O) groups is 1. The molecule has 0 saturated carbocycles. The van der Waals surface area contributed by atoms with Crippen LogP contribution in [0.3, 0.4) is 0 Å². The molecule has 0 aromatic heterocycles. The third kappa shape index (κ3) is 5.28. The van der Waals surface area contributed by atoms with Crippen LogP contribution < -0.4 is 5.46 Å². The number of halogens is 1. The molecule has 1 amide bonds. The van der Waals surface area contributed by atoms with E-state index in [1.54, 1.807) is 17.0 Å². The van der Waals surface area contributed by atoms with Gasteiger partial charge in [0.1, 0.15) is 12.4 Å². The average Bonchev–Trinajstić information content (AvgIpc) is 2.92. The molecule has 0 aliphatic carbocycles. The molecule has 166 valence electrons. The van der Waals surface area contributed by atoms with E-state index in [9.17, 15) is 9.18 Å². The number of benzene rings is 2. The van der Waals surface area contributed by atoms with E-state index in [1.807, 2.05) is 53.7 Å². The second-order valence-corrected chi connectivity index (χ2v) is 8.99. The predicted octanol–water partition coefficient (Wildman–Crippen LogP) is 4.59. The number of hydrogen-bond donors (Lipinski definition) is 0. The minimum atomic E-state index is -0.505. The Bertz CT molecular complexity index is 914. The highest BCUT2D eigenvalue weighted by Crippen LogP contribution is 2.36. The Hall–Kier alpha value is -2.38. The summed E-state index contributed by atoms with van der Waals surface area (Å²) < 4.78 is 31.0. The highest BCUT2D eigenvalue weighted by Gasteiger charge is 2.52. The van der Waals surface area contributed by atoms with Crippen LogP contribution in [0.15, 0.2) is 42.5 Å². The van der Waals surface area contributed by atoms with E-state index < -0.39 is 24.4 Å². The maximum atomic E-state index is 13.1. The van der Waals surface area contributed by atoms with Gasteiger partial charge in [-0.15, -0.1) is 0 Å². The van der Waals surface area contributed by atoms with Gasteiger partial charge >= 0.3 is 13.2 Å². The molecule has 0 N–H and O–H groups in total. The lowest BCUT2D eigenvalue weighted by Gasteiger charge is -2.32. The molecule has 1 aliphatic heterocycles. The number of aryl methyl sites for hydroxylation is 1. The van der Waals surface area contributed by atoms with Crippen molar-refractivity contribution in [1.82, 2.24) is 4.90 Å².